The minimum absolute atomic E-state index is 2.30. The fourth-order valence-corrected chi connectivity index (χ4v) is 2.63. The van der Waals surface area contributed by atoms with Gasteiger partial charge in [-0.1, -0.05) is 0 Å². The van der Waals surface area contributed by atoms with Gasteiger partial charge in [-0.15, -0.1) is 0 Å². The molecule has 0 radical (unpaired) electrons. The number of allylic oxidation sites excluding steroid dienone is 2. The van der Waals surface area contributed by atoms with Crippen LogP contribution in [0, 0.1) is 34.9 Å². The lowest BCUT2D eigenvalue weighted by molar-refractivity contribution is -0.0502. The quantitative estimate of drug-likeness (QED) is 0.290. The topological polar surface area (TPSA) is 0 Å². The fourth-order valence-electron chi connectivity index (χ4n) is 2.63. The van der Waals surface area contributed by atoms with Crippen LogP contribution in [0.3, 0.4) is 0 Å². The molecule has 0 spiro atoms. The number of hydrogen-bond acceptors (Lipinski definition) is 0. The Morgan fingerprint density at radius 1 is 0.385 bits per heavy atom. The van der Waals surface area contributed by atoms with Crippen LogP contribution in [0.4, 0.5) is 52.7 Å². The highest BCUT2D eigenvalue weighted by atomic mass is 19.3. The molecule has 0 atom stereocenters. The highest BCUT2D eigenvalue weighted by molar-refractivity contribution is 5.91. The van der Waals surface area contributed by atoms with Crippen molar-refractivity contribution in [3.8, 4) is 0 Å². The Labute approximate surface area is 134 Å². The van der Waals surface area contributed by atoms with Gasteiger partial charge in [0.1, 0.15) is 0 Å². The molecule has 0 unspecified atom stereocenters. The number of fused-ring (bicyclic) bond motifs is 3. The highest BCUT2D eigenvalue weighted by Crippen LogP contribution is 2.57. The first-order valence-electron chi connectivity index (χ1n) is 6.27. The van der Waals surface area contributed by atoms with Crippen LogP contribution in [0.5, 0.6) is 0 Å². The Morgan fingerprint density at radius 3 is 1.19 bits per heavy atom. The molecule has 0 amide bonds. The number of hydrogen-bond donors (Lipinski definition) is 0. The van der Waals surface area contributed by atoms with Crippen LogP contribution in [0.15, 0.2) is 11.7 Å². The van der Waals surface area contributed by atoms with Gasteiger partial charge < -0.3 is 0 Å². The third-order valence-corrected chi connectivity index (χ3v) is 3.77. The molecule has 0 bridgehead atoms. The van der Waals surface area contributed by atoms with Crippen molar-refractivity contribution in [2.75, 3.05) is 0 Å². The van der Waals surface area contributed by atoms with Crippen molar-refractivity contribution < 1.29 is 52.7 Å². The molecule has 12 heteroatoms. The molecule has 2 aromatic rings. The van der Waals surface area contributed by atoms with Crippen molar-refractivity contribution >= 4 is 10.8 Å². The molecule has 0 heterocycles. The van der Waals surface area contributed by atoms with Crippen LogP contribution in [-0.2, 0) is 11.8 Å². The van der Waals surface area contributed by atoms with E-state index in [9.17, 15) is 52.7 Å². The standard InChI is InChI=1S/C14F12/c15-5-1-2(7(17)10(20)9(5)19)6(16)8(18)4-3(1)13(23,24)11(21)12(22)14(4,25)26. The first kappa shape index (κ1) is 18.4. The van der Waals surface area contributed by atoms with Crippen LogP contribution >= 0.6 is 0 Å². The molecule has 1 aliphatic carbocycles. The Bertz CT molecular complexity index is 1020. The molecule has 3 rings (SSSR count). The molecule has 2 aromatic carbocycles. The Kier molecular flexibility index (Phi) is 3.59. The summed E-state index contributed by atoms with van der Waals surface area (Å²) < 4.78 is 164. The third-order valence-electron chi connectivity index (χ3n) is 3.77. The number of halogens is 12. The monoisotopic (exact) mass is 396 g/mol. The molecule has 26 heavy (non-hydrogen) atoms. The molecular weight excluding hydrogens is 396 g/mol. The summed E-state index contributed by atoms with van der Waals surface area (Å²) in [6, 6.07) is 0. The average Bonchev–Trinajstić information content (AvgIpc) is 2.56. The largest absolute Gasteiger partial charge is 0.330 e. The second kappa shape index (κ2) is 5.07. The number of rotatable bonds is 0. The summed E-state index contributed by atoms with van der Waals surface area (Å²) in [5.41, 5.74) is -5.62. The Hall–Kier alpha value is -2.40. The molecule has 0 saturated carbocycles. The van der Waals surface area contributed by atoms with Crippen molar-refractivity contribution in [1.29, 1.82) is 0 Å². The lowest BCUT2D eigenvalue weighted by Gasteiger charge is -2.31. The van der Waals surface area contributed by atoms with Crippen LogP contribution in [0.25, 0.3) is 10.8 Å². The zero-order valence-electron chi connectivity index (χ0n) is 11.5. The van der Waals surface area contributed by atoms with Crippen LogP contribution in [0.2, 0.25) is 0 Å². The van der Waals surface area contributed by atoms with E-state index in [0.29, 0.717) is 0 Å². The van der Waals surface area contributed by atoms with Gasteiger partial charge in [0.2, 0.25) is 11.7 Å². The van der Waals surface area contributed by atoms with Gasteiger partial charge in [0.15, 0.2) is 34.9 Å². The van der Waals surface area contributed by atoms with E-state index in [1.807, 2.05) is 0 Å². The molecule has 0 saturated heterocycles. The van der Waals surface area contributed by atoms with Gasteiger partial charge in [0.25, 0.3) is 0 Å². The summed E-state index contributed by atoms with van der Waals surface area (Å²) in [5.74, 6) is -35.1. The van der Waals surface area contributed by atoms with E-state index in [2.05, 4.69) is 0 Å². The van der Waals surface area contributed by atoms with E-state index in [4.69, 9.17) is 0 Å². The normalized spacial score (nSPS) is 18.5. The van der Waals surface area contributed by atoms with Crippen molar-refractivity contribution in [2.45, 2.75) is 11.8 Å². The lowest BCUT2D eigenvalue weighted by atomic mass is 9.84. The Morgan fingerprint density at radius 2 is 0.731 bits per heavy atom. The lowest BCUT2D eigenvalue weighted by Crippen LogP contribution is -2.34. The number of alkyl halides is 4. The van der Waals surface area contributed by atoms with Crippen LogP contribution in [-0.4, -0.2) is 0 Å². The zero-order valence-corrected chi connectivity index (χ0v) is 11.5. The SMILES string of the molecule is FC1=C(F)C(F)(F)c2c(c(F)c(F)c3c(F)c(F)c(F)c(F)c23)C1(F)F. The summed E-state index contributed by atoms with van der Waals surface area (Å²) >= 11 is 0. The maximum atomic E-state index is 14.0. The van der Waals surface area contributed by atoms with Gasteiger partial charge in [-0.3, -0.25) is 0 Å². The van der Waals surface area contributed by atoms with Crippen LogP contribution in [0.1, 0.15) is 11.1 Å². The molecule has 140 valence electrons. The minimum atomic E-state index is -5.56. The second-order valence-electron chi connectivity index (χ2n) is 5.16. The zero-order chi connectivity index (χ0) is 19.9. The van der Waals surface area contributed by atoms with Gasteiger partial charge in [0.05, 0.1) is 16.5 Å². The van der Waals surface area contributed by atoms with Gasteiger partial charge in [-0.2, -0.15) is 17.6 Å². The number of benzene rings is 2. The molecule has 0 fully saturated rings. The van der Waals surface area contributed by atoms with Gasteiger partial charge in [-0.05, 0) is 0 Å². The van der Waals surface area contributed by atoms with E-state index in [0.717, 1.165) is 0 Å². The van der Waals surface area contributed by atoms with Crippen molar-refractivity contribution in [3.63, 3.8) is 0 Å². The predicted molar refractivity (Wildman–Crippen MR) is 60.7 cm³/mol. The third kappa shape index (κ3) is 1.89. The van der Waals surface area contributed by atoms with Crippen molar-refractivity contribution in [1.82, 2.24) is 0 Å². The summed E-state index contributed by atoms with van der Waals surface area (Å²) in [7, 11) is 0. The first-order chi connectivity index (χ1) is 11.8. The van der Waals surface area contributed by atoms with Crippen molar-refractivity contribution in [3.05, 3.63) is 57.7 Å². The first-order valence-corrected chi connectivity index (χ1v) is 6.27. The smallest absolute Gasteiger partial charge is 0.203 e. The maximum absolute atomic E-state index is 14.0. The van der Waals surface area contributed by atoms with E-state index < -0.39 is 80.3 Å². The van der Waals surface area contributed by atoms with E-state index in [-0.39, 0.29) is 0 Å². The molecule has 0 aliphatic heterocycles. The predicted octanol–water partition coefficient (Wildman–Crippen LogP) is 6.02. The second-order valence-corrected chi connectivity index (χ2v) is 5.16. The van der Waals surface area contributed by atoms with Gasteiger partial charge >= 0.3 is 11.8 Å². The summed E-state index contributed by atoms with van der Waals surface area (Å²) in [4.78, 5) is 0. The van der Waals surface area contributed by atoms with Gasteiger partial charge in [0, 0.05) is 5.39 Å². The molecule has 1 aliphatic rings. The molecule has 0 aromatic heterocycles. The maximum Gasteiger partial charge on any atom is 0.330 e. The highest BCUT2D eigenvalue weighted by Gasteiger charge is 2.60. The van der Waals surface area contributed by atoms with Gasteiger partial charge in [-0.25, -0.2) is 35.1 Å². The summed E-state index contributed by atoms with van der Waals surface area (Å²) in [5, 5.41) is -4.69. The summed E-state index contributed by atoms with van der Waals surface area (Å²) in [6.45, 7) is 0. The van der Waals surface area contributed by atoms with E-state index in [1.165, 1.54) is 0 Å². The fraction of sp³-hybridized carbons (Fsp3) is 0.143. The Balaban J connectivity index is 2.76. The van der Waals surface area contributed by atoms with Crippen LogP contribution < -0.4 is 0 Å². The minimum Gasteiger partial charge on any atom is -0.203 e. The molecule has 0 N–H and O–H groups in total. The molecular formula is C14F12. The van der Waals surface area contributed by atoms with E-state index in [1.54, 1.807) is 0 Å². The average molecular weight is 396 g/mol. The van der Waals surface area contributed by atoms with Crippen molar-refractivity contribution in [2.24, 2.45) is 0 Å². The molecule has 0 nitrogen and oxygen atoms in total. The van der Waals surface area contributed by atoms with E-state index >= 15 is 0 Å². The summed E-state index contributed by atoms with van der Waals surface area (Å²) in [6.07, 6.45) is 0.